The van der Waals surface area contributed by atoms with E-state index in [9.17, 15) is 0 Å². The lowest BCUT2D eigenvalue weighted by Gasteiger charge is -2.44. The fourth-order valence-electron chi connectivity index (χ4n) is 7.41. The first-order valence-electron chi connectivity index (χ1n) is 15.0. The van der Waals surface area contributed by atoms with Crippen molar-refractivity contribution < 1.29 is 28.4 Å². The van der Waals surface area contributed by atoms with Gasteiger partial charge in [-0.15, -0.1) is 0 Å². The molecule has 3 aliphatic heterocycles. The summed E-state index contributed by atoms with van der Waals surface area (Å²) in [6.07, 6.45) is 19.2. The normalized spacial score (nSPS) is 45.3. The summed E-state index contributed by atoms with van der Waals surface area (Å²) >= 11 is 0. The molecule has 200 valence electrons. The lowest BCUT2D eigenvalue weighted by molar-refractivity contribution is -0.0903. The summed E-state index contributed by atoms with van der Waals surface area (Å²) in [6.45, 7) is 5.03. The Labute approximate surface area is 212 Å². The van der Waals surface area contributed by atoms with Crippen LogP contribution in [-0.2, 0) is 28.4 Å². The molecule has 6 rings (SSSR count). The van der Waals surface area contributed by atoms with Crippen molar-refractivity contribution in [1.82, 2.24) is 0 Å². The van der Waals surface area contributed by atoms with Crippen LogP contribution in [0.15, 0.2) is 0 Å². The van der Waals surface area contributed by atoms with Crippen molar-refractivity contribution >= 4 is 0 Å². The first kappa shape index (κ1) is 25.1. The van der Waals surface area contributed by atoms with E-state index < -0.39 is 0 Å². The molecule has 0 amide bonds. The predicted octanol–water partition coefficient (Wildman–Crippen LogP) is 4.92. The molecule has 3 saturated carbocycles. The second kappa shape index (κ2) is 12.1. The van der Waals surface area contributed by atoms with E-state index in [0.717, 1.165) is 39.6 Å². The smallest absolute Gasteiger partial charge is 0.104 e. The Morgan fingerprint density at radius 2 is 0.857 bits per heavy atom. The van der Waals surface area contributed by atoms with Crippen molar-refractivity contribution in [2.75, 3.05) is 39.6 Å². The van der Waals surface area contributed by atoms with Gasteiger partial charge in [0, 0.05) is 0 Å². The van der Waals surface area contributed by atoms with E-state index in [1.165, 1.54) is 83.5 Å². The molecule has 0 aromatic carbocycles. The molecule has 6 fully saturated rings. The van der Waals surface area contributed by atoms with Gasteiger partial charge in [0.25, 0.3) is 0 Å². The van der Waals surface area contributed by atoms with E-state index >= 15 is 0 Å². The van der Waals surface area contributed by atoms with Gasteiger partial charge < -0.3 is 28.4 Å². The Kier molecular flexibility index (Phi) is 8.65. The van der Waals surface area contributed by atoms with Crippen LogP contribution >= 0.6 is 0 Å². The molecule has 9 unspecified atom stereocenters. The maximum atomic E-state index is 6.76. The minimum absolute atomic E-state index is 0.340. The van der Waals surface area contributed by atoms with Gasteiger partial charge in [0.1, 0.15) is 18.3 Å². The van der Waals surface area contributed by atoms with Crippen LogP contribution in [0.25, 0.3) is 0 Å². The average molecular weight is 493 g/mol. The summed E-state index contributed by atoms with van der Waals surface area (Å²) in [5, 5.41) is 0. The number of rotatable bonds is 13. The van der Waals surface area contributed by atoms with Crippen molar-refractivity contribution in [3.8, 4) is 0 Å². The maximum absolute atomic E-state index is 6.76. The minimum Gasteiger partial charge on any atom is -0.375 e. The minimum atomic E-state index is 0.340. The van der Waals surface area contributed by atoms with Crippen molar-refractivity contribution in [3.63, 3.8) is 0 Å². The molecule has 0 aromatic rings. The van der Waals surface area contributed by atoms with Gasteiger partial charge in [-0.3, -0.25) is 0 Å². The third kappa shape index (κ3) is 7.42. The highest BCUT2D eigenvalue weighted by atomic mass is 16.6. The molecule has 3 heterocycles. The summed E-state index contributed by atoms with van der Waals surface area (Å²) in [5.41, 5.74) is 0. The van der Waals surface area contributed by atoms with Gasteiger partial charge in [-0.2, -0.15) is 0 Å². The average Bonchev–Trinajstić information content (AvgIpc) is 3.74. The molecule has 0 aromatic heterocycles. The zero-order valence-electron chi connectivity index (χ0n) is 21.7. The fourth-order valence-corrected chi connectivity index (χ4v) is 7.41. The van der Waals surface area contributed by atoms with Crippen LogP contribution < -0.4 is 0 Å². The van der Waals surface area contributed by atoms with Gasteiger partial charge in [-0.25, -0.2) is 0 Å². The molecule has 35 heavy (non-hydrogen) atoms. The summed E-state index contributed by atoms with van der Waals surface area (Å²) in [6, 6.07) is 0. The molecule has 6 nitrogen and oxygen atoms in total. The highest BCUT2D eigenvalue weighted by molar-refractivity contribution is 4.91. The highest BCUT2D eigenvalue weighted by Crippen LogP contribution is 2.44. The maximum Gasteiger partial charge on any atom is 0.104 e. The zero-order chi connectivity index (χ0) is 23.5. The van der Waals surface area contributed by atoms with Crippen molar-refractivity contribution in [3.05, 3.63) is 0 Å². The molecule has 9 atom stereocenters. The summed E-state index contributed by atoms with van der Waals surface area (Å²) < 4.78 is 35.9. The molecule has 6 aliphatic rings. The van der Waals surface area contributed by atoms with E-state index in [-0.39, 0.29) is 0 Å². The standard InChI is InChI=1S/C29H48O6/c1-3-10-27(33-17-24-14-30-24)20(6-1)12-22-8-5-9-23(29(22)35-19-26-16-32-26)13-21-7-2-4-11-28(21)34-18-25-15-31-25/h20-29H,1-19H2. The molecular formula is C29H48O6. The van der Waals surface area contributed by atoms with Gasteiger partial charge in [0.05, 0.1) is 58.0 Å². The highest BCUT2D eigenvalue weighted by Gasteiger charge is 2.41. The summed E-state index contributed by atoms with van der Waals surface area (Å²) in [7, 11) is 0. The molecule has 0 bridgehead atoms. The lowest BCUT2D eigenvalue weighted by Crippen LogP contribution is -2.42. The van der Waals surface area contributed by atoms with Gasteiger partial charge in [0.2, 0.25) is 0 Å². The lowest BCUT2D eigenvalue weighted by atomic mass is 9.68. The molecule has 0 N–H and O–H groups in total. The molecule has 6 heteroatoms. The second-order valence-electron chi connectivity index (χ2n) is 12.4. The quantitative estimate of drug-likeness (QED) is 0.340. The van der Waals surface area contributed by atoms with E-state index in [2.05, 4.69) is 0 Å². The van der Waals surface area contributed by atoms with E-state index in [4.69, 9.17) is 28.4 Å². The van der Waals surface area contributed by atoms with Gasteiger partial charge >= 0.3 is 0 Å². The molecule has 0 spiro atoms. The SMILES string of the molecule is C1CCC(OCC2CO2)C(CC2CCCC(CC3CCCCC3OCC3CO3)C2OCC2CO2)C1. The second-order valence-corrected chi connectivity index (χ2v) is 12.4. The van der Waals surface area contributed by atoms with E-state index in [0.29, 0.717) is 60.3 Å². The van der Waals surface area contributed by atoms with Crippen LogP contribution in [0.4, 0.5) is 0 Å². The van der Waals surface area contributed by atoms with Gasteiger partial charge in [-0.1, -0.05) is 32.1 Å². The van der Waals surface area contributed by atoms with Gasteiger partial charge in [0.15, 0.2) is 0 Å². The van der Waals surface area contributed by atoms with Crippen molar-refractivity contribution in [1.29, 1.82) is 0 Å². The van der Waals surface area contributed by atoms with Crippen molar-refractivity contribution in [2.45, 2.75) is 120 Å². The zero-order valence-corrected chi connectivity index (χ0v) is 21.7. The third-order valence-corrected chi connectivity index (χ3v) is 9.64. The summed E-state index contributed by atoms with van der Waals surface area (Å²) in [5.74, 6) is 2.67. The molecule has 0 radical (unpaired) electrons. The fraction of sp³-hybridized carbons (Fsp3) is 1.00. The Hall–Kier alpha value is -0.240. The van der Waals surface area contributed by atoms with Crippen LogP contribution in [0.5, 0.6) is 0 Å². The number of hydrogen-bond donors (Lipinski definition) is 0. The Bertz CT molecular complexity index is 601. The summed E-state index contributed by atoms with van der Waals surface area (Å²) in [4.78, 5) is 0. The molecule has 3 saturated heterocycles. The largest absolute Gasteiger partial charge is 0.375 e. The van der Waals surface area contributed by atoms with E-state index in [1.54, 1.807) is 0 Å². The Balaban J connectivity index is 1.09. The topological polar surface area (TPSA) is 65.3 Å². The third-order valence-electron chi connectivity index (χ3n) is 9.64. The van der Waals surface area contributed by atoms with Crippen LogP contribution in [-0.4, -0.2) is 76.3 Å². The predicted molar refractivity (Wildman–Crippen MR) is 132 cm³/mol. The van der Waals surface area contributed by atoms with Crippen LogP contribution in [0.3, 0.4) is 0 Å². The number of epoxide rings is 3. The van der Waals surface area contributed by atoms with Crippen LogP contribution in [0.1, 0.15) is 83.5 Å². The van der Waals surface area contributed by atoms with E-state index in [1.807, 2.05) is 0 Å². The van der Waals surface area contributed by atoms with Crippen molar-refractivity contribution in [2.24, 2.45) is 23.7 Å². The first-order chi connectivity index (χ1) is 17.3. The molecular weight excluding hydrogens is 444 g/mol. The van der Waals surface area contributed by atoms with Crippen LogP contribution in [0, 0.1) is 23.7 Å². The van der Waals surface area contributed by atoms with Crippen LogP contribution in [0.2, 0.25) is 0 Å². The number of ether oxygens (including phenoxy) is 6. The molecule has 3 aliphatic carbocycles. The Morgan fingerprint density at radius 3 is 1.31 bits per heavy atom. The number of hydrogen-bond acceptors (Lipinski definition) is 6. The van der Waals surface area contributed by atoms with Gasteiger partial charge in [-0.05, 0) is 75.0 Å². The Morgan fingerprint density at radius 1 is 0.457 bits per heavy atom. The monoisotopic (exact) mass is 492 g/mol. The first-order valence-corrected chi connectivity index (χ1v) is 15.0.